The van der Waals surface area contributed by atoms with Crippen LogP contribution in [-0.2, 0) is 6.54 Å². The minimum absolute atomic E-state index is 0.137. The Morgan fingerprint density at radius 3 is 2.44 bits per heavy atom. The predicted octanol–water partition coefficient (Wildman–Crippen LogP) is 3.68. The topological polar surface area (TPSA) is 44.0 Å². The van der Waals surface area contributed by atoms with Crippen molar-refractivity contribution in [2.75, 3.05) is 0 Å². The van der Waals surface area contributed by atoms with Crippen LogP contribution in [0.5, 0.6) is 0 Å². The summed E-state index contributed by atoms with van der Waals surface area (Å²) < 4.78 is 43.6. The molecular formula is C19H11F3N2O2S. The van der Waals surface area contributed by atoms with Crippen LogP contribution in [0.2, 0.25) is 0 Å². The molecule has 4 rings (SSSR count). The van der Waals surface area contributed by atoms with Crippen molar-refractivity contribution in [3.05, 3.63) is 97.8 Å². The maximum atomic E-state index is 14.2. The monoisotopic (exact) mass is 388 g/mol. The van der Waals surface area contributed by atoms with Gasteiger partial charge in [0.2, 0.25) is 0 Å². The maximum Gasteiger partial charge on any atom is 0.336 e. The van der Waals surface area contributed by atoms with Gasteiger partial charge in [0.1, 0.15) is 22.2 Å². The lowest BCUT2D eigenvalue weighted by Crippen LogP contribution is -2.39. The number of halogens is 3. The lowest BCUT2D eigenvalue weighted by molar-refractivity contribution is 0.569. The second kappa shape index (κ2) is 6.55. The molecule has 0 bridgehead atoms. The maximum absolute atomic E-state index is 14.2. The van der Waals surface area contributed by atoms with Gasteiger partial charge in [-0.15, -0.1) is 11.3 Å². The summed E-state index contributed by atoms with van der Waals surface area (Å²) in [4.78, 5) is 25.7. The first-order valence-corrected chi connectivity index (χ1v) is 8.77. The van der Waals surface area contributed by atoms with Gasteiger partial charge >= 0.3 is 5.69 Å². The highest BCUT2D eigenvalue weighted by molar-refractivity contribution is 7.17. The zero-order valence-corrected chi connectivity index (χ0v) is 14.5. The van der Waals surface area contributed by atoms with Gasteiger partial charge < -0.3 is 0 Å². The minimum Gasteiger partial charge on any atom is -0.287 e. The minimum atomic E-state index is -1.04. The lowest BCUT2D eigenvalue weighted by atomic mass is 10.2. The number of hydrogen-bond donors (Lipinski definition) is 0. The number of fused-ring (bicyclic) bond motifs is 1. The van der Waals surface area contributed by atoms with E-state index in [0.29, 0.717) is 16.2 Å². The molecule has 0 aliphatic rings. The van der Waals surface area contributed by atoms with E-state index >= 15 is 0 Å². The van der Waals surface area contributed by atoms with Crippen molar-refractivity contribution in [1.82, 2.24) is 9.13 Å². The van der Waals surface area contributed by atoms with Crippen LogP contribution in [-0.4, -0.2) is 9.13 Å². The van der Waals surface area contributed by atoms with E-state index in [0.717, 1.165) is 23.5 Å². The summed E-state index contributed by atoms with van der Waals surface area (Å²) in [7, 11) is 0. The third-order valence-corrected chi connectivity index (χ3v) is 5.08. The number of benzene rings is 2. The molecule has 0 saturated heterocycles. The quantitative estimate of drug-likeness (QED) is 0.537. The zero-order chi connectivity index (χ0) is 19.1. The summed E-state index contributed by atoms with van der Waals surface area (Å²) in [5.74, 6) is -2.37. The Balaban J connectivity index is 2.03. The van der Waals surface area contributed by atoms with Crippen molar-refractivity contribution >= 4 is 21.6 Å². The van der Waals surface area contributed by atoms with E-state index in [1.165, 1.54) is 22.8 Å². The first kappa shape index (κ1) is 17.3. The van der Waals surface area contributed by atoms with E-state index < -0.39 is 28.7 Å². The molecule has 27 heavy (non-hydrogen) atoms. The average Bonchev–Trinajstić information content (AvgIpc) is 3.12. The molecule has 0 atom stereocenters. The summed E-state index contributed by atoms with van der Waals surface area (Å²) in [6.45, 7) is -0.137. The Morgan fingerprint density at radius 2 is 1.70 bits per heavy atom. The molecule has 136 valence electrons. The molecule has 4 nitrogen and oxygen atoms in total. The third kappa shape index (κ3) is 2.87. The highest BCUT2D eigenvalue weighted by Gasteiger charge is 2.19. The fraction of sp³-hybridized carbons (Fsp3) is 0.0526. The van der Waals surface area contributed by atoms with Gasteiger partial charge in [0, 0.05) is 11.6 Å². The normalized spacial score (nSPS) is 11.2. The molecule has 2 heterocycles. The van der Waals surface area contributed by atoms with Crippen molar-refractivity contribution in [3.8, 4) is 5.69 Å². The Labute approximate surface area is 154 Å². The molecule has 0 N–H and O–H groups in total. The van der Waals surface area contributed by atoms with Gasteiger partial charge in [-0.05, 0) is 29.6 Å². The predicted molar refractivity (Wildman–Crippen MR) is 97.1 cm³/mol. The lowest BCUT2D eigenvalue weighted by Gasteiger charge is -2.13. The number of aromatic nitrogens is 2. The molecule has 2 aromatic heterocycles. The van der Waals surface area contributed by atoms with Crippen LogP contribution >= 0.6 is 11.3 Å². The molecule has 0 aliphatic heterocycles. The fourth-order valence-electron chi connectivity index (χ4n) is 2.91. The summed E-state index contributed by atoms with van der Waals surface area (Å²) in [5, 5.41) is 1.62. The van der Waals surface area contributed by atoms with E-state index in [9.17, 15) is 22.8 Å². The molecular weight excluding hydrogens is 377 g/mol. The number of nitrogens with zero attached hydrogens (tertiary/aromatic N) is 2. The van der Waals surface area contributed by atoms with E-state index in [2.05, 4.69) is 0 Å². The van der Waals surface area contributed by atoms with Crippen molar-refractivity contribution in [2.24, 2.45) is 0 Å². The molecule has 0 amide bonds. The van der Waals surface area contributed by atoms with Crippen molar-refractivity contribution in [2.45, 2.75) is 6.54 Å². The van der Waals surface area contributed by atoms with Gasteiger partial charge in [-0.3, -0.25) is 9.36 Å². The summed E-state index contributed by atoms with van der Waals surface area (Å²) in [5.41, 5.74) is -1.32. The van der Waals surface area contributed by atoms with Crippen LogP contribution in [0.3, 0.4) is 0 Å². The third-order valence-electron chi connectivity index (χ3n) is 4.19. The Bertz CT molecular complexity index is 1290. The Hall–Kier alpha value is -3.13. The van der Waals surface area contributed by atoms with Gasteiger partial charge in [0.15, 0.2) is 0 Å². The van der Waals surface area contributed by atoms with Gasteiger partial charge in [0.25, 0.3) is 5.56 Å². The first-order valence-electron chi connectivity index (χ1n) is 7.89. The molecule has 2 aromatic carbocycles. The molecule has 0 saturated carbocycles. The van der Waals surface area contributed by atoms with Crippen molar-refractivity contribution in [1.29, 1.82) is 0 Å². The first-order chi connectivity index (χ1) is 13.0. The summed E-state index contributed by atoms with van der Waals surface area (Å²) in [6, 6.07) is 10.1. The zero-order valence-electron chi connectivity index (χ0n) is 13.7. The van der Waals surface area contributed by atoms with Crippen LogP contribution in [0.15, 0.2) is 63.5 Å². The standard InChI is InChI=1S/C19H11F3N2O2S/c20-12-5-6-15(14(22)9-12)24-18(25)17-16(7-8-27-17)23(19(24)26)10-11-3-1-2-4-13(11)21/h1-9H,10H2. The van der Waals surface area contributed by atoms with Crippen molar-refractivity contribution in [3.63, 3.8) is 0 Å². The molecule has 0 fully saturated rings. The number of hydrogen-bond acceptors (Lipinski definition) is 3. The molecule has 0 radical (unpaired) electrons. The van der Waals surface area contributed by atoms with Gasteiger partial charge in [0.05, 0.1) is 17.7 Å². The average molecular weight is 388 g/mol. The fourth-order valence-corrected chi connectivity index (χ4v) is 3.74. The Morgan fingerprint density at radius 1 is 0.926 bits per heavy atom. The molecule has 4 aromatic rings. The second-order valence-corrected chi connectivity index (χ2v) is 6.75. The smallest absolute Gasteiger partial charge is 0.287 e. The van der Waals surface area contributed by atoms with Gasteiger partial charge in [-0.1, -0.05) is 18.2 Å². The van der Waals surface area contributed by atoms with Crippen LogP contribution in [0.1, 0.15) is 5.56 Å². The molecule has 0 unspecified atom stereocenters. The van der Waals surface area contributed by atoms with E-state index in [4.69, 9.17) is 0 Å². The van der Waals surface area contributed by atoms with Crippen LogP contribution in [0.4, 0.5) is 13.2 Å². The molecule has 0 spiro atoms. The van der Waals surface area contributed by atoms with E-state index in [-0.39, 0.29) is 22.5 Å². The molecule has 0 aliphatic carbocycles. The van der Waals surface area contributed by atoms with Gasteiger partial charge in [-0.2, -0.15) is 0 Å². The summed E-state index contributed by atoms with van der Waals surface area (Å²) >= 11 is 1.09. The number of rotatable bonds is 3. The Kier molecular flexibility index (Phi) is 4.19. The highest BCUT2D eigenvalue weighted by atomic mass is 32.1. The number of thiophene rings is 1. The highest BCUT2D eigenvalue weighted by Crippen LogP contribution is 2.19. The largest absolute Gasteiger partial charge is 0.336 e. The van der Waals surface area contributed by atoms with Crippen LogP contribution in [0, 0.1) is 17.5 Å². The second-order valence-electron chi connectivity index (χ2n) is 5.83. The van der Waals surface area contributed by atoms with E-state index in [1.54, 1.807) is 17.5 Å². The molecule has 8 heteroatoms. The van der Waals surface area contributed by atoms with Gasteiger partial charge in [-0.25, -0.2) is 22.5 Å². The van der Waals surface area contributed by atoms with Crippen molar-refractivity contribution < 1.29 is 13.2 Å². The SMILES string of the molecule is O=c1c2sccc2n(Cc2ccccc2F)c(=O)n1-c1ccc(F)cc1F. The summed E-state index contributed by atoms with van der Waals surface area (Å²) in [6.07, 6.45) is 0. The van der Waals surface area contributed by atoms with Crippen LogP contribution < -0.4 is 11.2 Å². The van der Waals surface area contributed by atoms with E-state index in [1.807, 2.05) is 0 Å². The van der Waals surface area contributed by atoms with Crippen LogP contribution in [0.25, 0.3) is 15.9 Å².